The summed E-state index contributed by atoms with van der Waals surface area (Å²) in [5.41, 5.74) is 0. The number of hydrogen-bond donors (Lipinski definition) is 0. The third kappa shape index (κ3) is 6.84. The molecule has 40 valence electrons. The first kappa shape index (κ1) is 7.84. The Labute approximate surface area is 61.6 Å². The van der Waals surface area contributed by atoms with Gasteiger partial charge in [0.05, 0.1) is 9.40 Å². The van der Waals surface area contributed by atoms with E-state index < -0.39 is 0 Å². The van der Waals surface area contributed by atoms with E-state index in [1.54, 1.807) is 0 Å². The van der Waals surface area contributed by atoms with Crippen LogP contribution >= 0.6 is 48.5 Å². The van der Waals surface area contributed by atoms with E-state index in [9.17, 15) is 0 Å². The Morgan fingerprint density at radius 2 is 1.57 bits per heavy atom. The Morgan fingerprint density at radius 1 is 1.14 bits per heavy atom. The Hall–Kier alpha value is 0.840. The minimum Gasteiger partial charge on any atom is -0.236 e. The fourth-order valence-electron chi connectivity index (χ4n) is 0.0548. The van der Waals surface area contributed by atoms with Gasteiger partial charge in [0.25, 0.3) is 0 Å². The van der Waals surface area contributed by atoms with E-state index in [1.165, 1.54) is 9.40 Å². The largest absolute Gasteiger partial charge is 0.236 e. The summed E-state index contributed by atoms with van der Waals surface area (Å²) < 4.78 is 7.49. The second kappa shape index (κ2) is 6.84. The molecule has 0 unspecified atom stereocenters. The van der Waals surface area contributed by atoms with Gasteiger partial charge in [0.1, 0.15) is 0 Å². The normalized spacial score (nSPS) is 8.00. The van der Waals surface area contributed by atoms with Crippen LogP contribution in [0.1, 0.15) is 0 Å². The van der Waals surface area contributed by atoms with Crippen molar-refractivity contribution in [2.45, 2.75) is 0 Å². The molecule has 0 saturated carbocycles. The summed E-state index contributed by atoms with van der Waals surface area (Å²) in [5, 5.41) is 0. The number of thiocarbonyl (C=S) groups is 2. The van der Waals surface area contributed by atoms with Crippen molar-refractivity contribution < 1.29 is 3.63 Å². The van der Waals surface area contributed by atoms with Gasteiger partial charge in [0.15, 0.2) is 0 Å². The maximum atomic E-state index is 4.65. The average molecular weight is 170 g/mol. The second-order valence-electron chi connectivity index (χ2n) is 0.453. The molecule has 0 N–H and O–H groups in total. The fraction of sp³-hybridized carbons (Fsp3) is 0. The summed E-state index contributed by atoms with van der Waals surface area (Å²) in [7, 11) is 0. The van der Waals surface area contributed by atoms with E-state index in [0.29, 0.717) is 0 Å². The topological polar surface area (TPSA) is 9.23 Å². The first-order valence-corrected chi connectivity index (χ1v) is 3.83. The van der Waals surface area contributed by atoms with Crippen molar-refractivity contribution in [3.8, 4) is 0 Å². The van der Waals surface area contributed by atoms with Gasteiger partial charge in [-0.3, -0.25) is 0 Å². The SMILES string of the molecule is S=CSOSC=S. The average Bonchev–Trinajstić information content (AvgIpc) is 1.69. The molecule has 1 nitrogen and oxygen atoms in total. The molecular formula is C2H2OS4. The molecule has 0 spiro atoms. The van der Waals surface area contributed by atoms with Gasteiger partial charge in [-0.1, -0.05) is 24.4 Å². The molecular weight excluding hydrogens is 168 g/mol. The summed E-state index contributed by atoms with van der Waals surface area (Å²) in [5.74, 6) is 0. The van der Waals surface area contributed by atoms with Crippen molar-refractivity contribution in [2.24, 2.45) is 0 Å². The predicted octanol–water partition coefficient (Wildman–Crippen LogP) is 2.21. The minimum absolute atomic E-state index is 1.09. The summed E-state index contributed by atoms with van der Waals surface area (Å²) >= 11 is 11.0. The fourth-order valence-corrected chi connectivity index (χ4v) is 1.07. The number of rotatable bonds is 4. The maximum absolute atomic E-state index is 4.65. The number of hydrogen-bond acceptors (Lipinski definition) is 5. The van der Waals surface area contributed by atoms with Crippen molar-refractivity contribution in [2.75, 3.05) is 0 Å². The highest BCUT2D eigenvalue weighted by atomic mass is 32.2. The lowest BCUT2D eigenvalue weighted by Crippen LogP contribution is -1.59. The smallest absolute Gasteiger partial charge is 0.0635 e. The lowest BCUT2D eigenvalue weighted by Gasteiger charge is -1.83. The summed E-state index contributed by atoms with van der Waals surface area (Å²) in [4.78, 5) is 0. The standard InChI is InChI=1S/C2H2OS4/c4-1-6-3-7-2-5/h1-2H. The van der Waals surface area contributed by atoms with Crippen LogP contribution in [0, 0.1) is 0 Å². The van der Waals surface area contributed by atoms with E-state index in [0.717, 1.165) is 24.1 Å². The predicted molar refractivity (Wildman–Crippen MR) is 43.6 cm³/mol. The molecule has 0 aromatic rings. The van der Waals surface area contributed by atoms with Crippen LogP contribution in [0.25, 0.3) is 0 Å². The first-order chi connectivity index (χ1) is 3.41. The Balaban J connectivity index is 2.68. The Morgan fingerprint density at radius 3 is 1.86 bits per heavy atom. The molecule has 0 aliphatic heterocycles. The van der Waals surface area contributed by atoms with Gasteiger partial charge in [-0.25, -0.2) is 3.63 Å². The van der Waals surface area contributed by atoms with Crippen molar-refractivity contribution in [3.63, 3.8) is 0 Å². The van der Waals surface area contributed by atoms with Gasteiger partial charge in [0, 0.05) is 24.1 Å². The van der Waals surface area contributed by atoms with Gasteiger partial charge in [0.2, 0.25) is 0 Å². The van der Waals surface area contributed by atoms with Crippen LogP contribution in [-0.2, 0) is 3.63 Å². The van der Waals surface area contributed by atoms with Gasteiger partial charge >= 0.3 is 0 Å². The monoisotopic (exact) mass is 170 g/mol. The quantitative estimate of drug-likeness (QED) is 0.362. The lowest BCUT2D eigenvalue weighted by molar-refractivity contribution is 0.781. The highest BCUT2D eigenvalue weighted by Gasteiger charge is 1.76. The minimum atomic E-state index is 1.09. The zero-order valence-electron chi connectivity index (χ0n) is 3.20. The molecule has 0 radical (unpaired) electrons. The molecule has 0 aromatic carbocycles. The third-order valence-corrected chi connectivity index (χ3v) is 1.41. The van der Waals surface area contributed by atoms with Crippen molar-refractivity contribution >= 4 is 57.9 Å². The Kier molecular flexibility index (Phi) is 7.66. The molecule has 0 fully saturated rings. The zero-order valence-corrected chi connectivity index (χ0v) is 6.46. The van der Waals surface area contributed by atoms with Gasteiger partial charge in [-0.15, -0.1) is 0 Å². The molecule has 0 atom stereocenters. The third-order valence-electron chi connectivity index (χ3n) is 0.157. The van der Waals surface area contributed by atoms with Crippen molar-refractivity contribution in [1.29, 1.82) is 0 Å². The molecule has 7 heavy (non-hydrogen) atoms. The maximum Gasteiger partial charge on any atom is 0.0635 e. The molecule has 0 bridgehead atoms. The van der Waals surface area contributed by atoms with Crippen LogP contribution in [0.4, 0.5) is 0 Å². The molecule has 0 rings (SSSR count). The van der Waals surface area contributed by atoms with Gasteiger partial charge in [-0.05, 0) is 0 Å². The van der Waals surface area contributed by atoms with Crippen LogP contribution in [0.5, 0.6) is 0 Å². The molecule has 0 saturated heterocycles. The van der Waals surface area contributed by atoms with E-state index >= 15 is 0 Å². The van der Waals surface area contributed by atoms with Crippen LogP contribution in [-0.4, -0.2) is 9.40 Å². The highest BCUT2D eigenvalue weighted by Crippen LogP contribution is 2.08. The summed E-state index contributed by atoms with van der Waals surface area (Å²) in [6.45, 7) is 0. The lowest BCUT2D eigenvalue weighted by atomic mass is 11.9. The molecule has 0 amide bonds. The molecule has 0 aliphatic rings. The van der Waals surface area contributed by atoms with E-state index in [1.807, 2.05) is 0 Å². The van der Waals surface area contributed by atoms with E-state index in [4.69, 9.17) is 0 Å². The van der Waals surface area contributed by atoms with E-state index in [-0.39, 0.29) is 0 Å². The molecule has 5 heteroatoms. The molecule has 0 aromatic heterocycles. The molecule has 0 aliphatic carbocycles. The summed E-state index contributed by atoms with van der Waals surface area (Å²) in [6.07, 6.45) is 0. The van der Waals surface area contributed by atoms with Crippen LogP contribution < -0.4 is 0 Å². The van der Waals surface area contributed by atoms with Crippen LogP contribution in [0.15, 0.2) is 0 Å². The van der Waals surface area contributed by atoms with Crippen molar-refractivity contribution in [1.82, 2.24) is 0 Å². The molecule has 0 heterocycles. The highest BCUT2D eigenvalue weighted by molar-refractivity contribution is 8.27. The van der Waals surface area contributed by atoms with Crippen molar-refractivity contribution in [3.05, 3.63) is 0 Å². The first-order valence-electron chi connectivity index (χ1n) is 1.28. The van der Waals surface area contributed by atoms with Gasteiger partial charge < -0.3 is 0 Å². The zero-order chi connectivity index (χ0) is 5.54. The second-order valence-corrected chi connectivity index (χ2v) is 2.92. The van der Waals surface area contributed by atoms with Crippen LogP contribution in [0.3, 0.4) is 0 Å². The van der Waals surface area contributed by atoms with Gasteiger partial charge in [-0.2, -0.15) is 0 Å². The van der Waals surface area contributed by atoms with Crippen LogP contribution in [0.2, 0.25) is 0 Å². The Bertz CT molecular complexity index is 54.7. The summed E-state index contributed by atoms with van der Waals surface area (Å²) in [6, 6.07) is 0. The van der Waals surface area contributed by atoms with E-state index in [2.05, 4.69) is 28.1 Å².